The molecule has 0 saturated carbocycles. The van der Waals surface area contributed by atoms with Crippen LogP contribution in [0.15, 0.2) is 81.9 Å². The largest absolute Gasteiger partial charge is 1.00 e. The van der Waals surface area contributed by atoms with Crippen molar-refractivity contribution in [2.24, 2.45) is 10.2 Å². The molecular formula is C38H35Cl2N8NaO5S. The molecule has 5 rings (SSSR count). The molecule has 17 heteroatoms. The van der Waals surface area contributed by atoms with Crippen molar-refractivity contribution in [3.63, 3.8) is 0 Å². The number of carbonyl (C=O) groups excluding carboxylic acids is 2. The Bertz CT molecular complexity index is 2480. The van der Waals surface area contributed by atoms with Gasteiger partial charge < -0.3 is 20.5 Å². The summed E-state index contributed by atoms with van der Waals surface area (Å²) < 4.78 is 35.7. The van der Waals surface area contributed by atoms with Gasteiger partial charge in [0, 0.05) is 35.0 Å². The van der Waals surface area contributed by atoms with E-state index in [9.17, 15) is 27.8 Å². The van der Waals surface area contributed by atoms with E-state index in [4.69, 9.17) is 28.3 Å². The first-order valence-electron chi connectivity index (χ1n) is 16.4. The Hall–Kier alpha value is -4.59. The van der Waals surface area contributed by atoms with Crippen LogP contribution < -0.4 is 45.5 Å². The number of hydrogen-bond acceptors (Lipinski definition) is 10. The van der Waals surface area contributed by atoms with E-state index in [-0.39, 0.29) is 79.5 Å². The van der Waals surface area contributed by atoms with Crippen LogP contribution in [0.2, 0.25) is 10.0 Å². The van der Waals surface area contributed by atoms with Crippen molar-refractivity contribution < 1.29 is 52.1 Å². The molecule has 5 aromatic rings. The topological polar surface area (TPSA) is 194 Å². The van der Waals surface area contributed by atoms with Crippen LogP contribution in [0.3, 0.4) is 0 Å². The molecule has 0 saturated heterocycles. The van der Waals surface area contributed by atoms with Gasteiger partial charge in [-0.15, -0.1) is 10.2 Å². The number of hydrogen-bond donors (Lipinski definition) is 3. The summed E-state index contributed by atoms with van der Waals surface area (Å²) in [6.45, 7) is 13.0. The van der Waals surface area contributed by atoms with Crippen LogP contribution in [0.25, 0.3) is 5.69 Å². The molecule has 2 amide bonds. The maximum absolute atomic E-state index is 13.0. The van der Waals surface area contributed by atoms with Gasteiger partial charge in [0.15, 0.2) is 5.82 Å². The van der Waals surface area contributed by atoms with Crippen LogP contribution in [0.5, 0.6) is 0 Å². The van der Waals surface area contributed by atoms with Gasteiger partial charge in [-0.25, -0.2) is 13.1 Å². The Kier molecular flexibility index (Phi) is 13.4. The number of amides is 2. The van der Waals surface area contributed by atoms with Gasteiger partial charge in [-0.2, -0.15) is 10.4 Å². The van der Waals surface area contributed by atoms with Crippen molar-refractivity contribution in [1.29, 1.82) is 5.26 Å². The minimum atomic E-state index is -4.79. The monoisotopic (exact) mass is 808 g/mol. The zero-order valence-corrected chi connectivity index (χ0v) is 35.6. The van der Waals surface area contributed by atoms with Crippen molar-refractivity contribution in [3.05, 3.63) is 110 Å². The zero-order valence-electron chi connectivity index (χ0n) is 31.3. The molecule has 0 bridgehead atoms. The third kappa shape index (κ3) is 10.00. The first kappa shape index (κ1) is 43.1. The summed E-state index contributed by atoms with van der Waals surface area (Å²) in [5.74, 6) is -1.06. The Morgan fingerprint density at radius 1 is 0.909 bits per heavy atom. The third-order valence-corrected chi connectivity index (χ3v) is 9.47. The Morgan fingerprint density at radius 3 is 2.11 bits per heavy atom. The van der Waals surface area contributed by atoms with Crippen LogP contribution in [0.1, 0.15) is 66.0 Å². The second-order valence-electron chi connectivity index (χ2n) is 13.6. The van der Waals surface area contributed by atoms with Gasteiger partial charge in [0.2, 0.25) is 5.91 Å². The maximum Gasteiger partial charge on any atom is 1.00 e. The van der Waals surface area contributed by atoms with E-state index < -0.39 is 26.3 Å². The molecule has 0 spiro atoms. The summed E-state index contributed by atoms with van der Waals surface area (Å²) in [5, 5.41) is 32.8. The molecule has 1 heterocycles. The molecule has 0 fully saturated rings. The molecule has 13 nitrogen and oxygen atoms in total. The van der Waals surface area contributed by atoms with E-state index in [2.05, 4.69) is 44.4 Å². The normalized spacial score (nSPS) is 11.5. The van der Waals surface area contributed by atoms with Gasteiger partial charge in [0.05, 0.1) is 26.3 Å². The number of anilines is 4. The Morgan fingerprint density at radius 2 is 1.55 bits per heavy atom. The number of carbonyl (C=O) groups is 2. The van der Waals surface area contributed by atoms with Crippen molar-refractivity contribution in [2.75, 3.05) is 16.0 Å². The SMILES string of the molecule is CC(=O)Nc1cc(Nc2c(C)cc(C)cc2C)ccc1N=Nc1c(C#N)c(C(C)(C)C)nn1-c1c(Cl)cc(NC(=O)c2cccc(S(=O)(=O)[O-])c2)cc1Cl.[Na+]. The molecule has 4 aromatic carbocycles. The molecule has 1 aromatic heterocycles. The summed E-state index contributed by atoms with van der Waals surface area (Å²) in [5.41, 5.74) is 5.55. The number of benzene rings is 4. The fourth-order valence-corrected chi connectivity index (χ4v) is 6.90. The average Bonchev–Trinajstić information content (AvgIpc) is 3.43. The molecule has 278 valence electrons. The molecule has 0 atom stereocenters. The quantitative estimate of drug-likeness (QED) is 0.0847. The van der Waals surface area contributed by atoms with Crippen LogP contribution in [0, 0.1) is 32.1 Å². The van der Waals surface area contributed by atoms with E-state index >= 15 is 0 Å². The van der Waals surface area contributed by atoms with E-state index in [1.54, 1.807) is 18.2 Å². The number of aromatic nitrogens is 2. The standard InChI is InChI=1S/C38H36Cl2N8O5S.Na/c1-20-13-21(2)33(22(3)14-20)43-25-11-12-31(32(18-25)42-23(4)49)45-46-36-28(19-41)35(38(5,6)7)47-48(36)34-29(39)16-26(17-30(34)40)44-37(50)24-9-8-10-27(15-24)54(51,52)53;/h8-18,43H,1-7H3,(H,42,49)(H,44,50)(H,51,52,53);/q;+1/p-1. The van der Waals surface area contributed by atoms with Crippen molar-refractivity contribution in [1.82, 2.24) is 9.78 Å². The smallest absolute Gasteiger partial charge is 0.744 e. The number of nitrogens with one attached hydrogen (secondary N) is 3. The molecular weight excluding hydrogens is 774 g/mol. The Balaban J connectivity index is 0.00000673. The molecule has 0 aliphatic heterocycles. The summed E-state index contributed by atoms with van der Waals surface area (Å²) in [6, 6.07) is 19.0. The molecule has 55 heavy (non-hydrogen) atoms. The minimum absolute atomic E-state index is 0. The van der Waals surface area contributed by atoms with Crippen molar-refractivity contribution in [3.8, 4) is 11.8 Å². The van der Waals surface area contributed by atoms with Crippen LogP contribution in [0.4, 0.5) is 34.3 Å². The van der Waals surface area contributed by atoms with Crippen molar-refractivity contribution >= 4 is 79.4 Å². The van der Waals surface area contributed by atoms with Crippen LogP contribution in [-0.4, -0.2) is 34.6 Å². The average molecular weight is 810 g/mol. The van der Waals surface area contributed by atoms with Gasteiger partial charge in [-0.1, -0.05) is 67.7 Å². The number of rotatable bonds is 9. The molecule has 0 unspecified atom stereocenters. The summed E-state index contributed by atoms with van der Waals surface area (Å²) in [6.07, 6.45) is 0. The summed E-state index contributed by atoms with van der Waals surface area (Å²) in [4.78, 5) is 24.7. The van der Waals surface area contributed by atoms with Gasteiger partial charge in [0.1, 0.15) is 33.1 Å². The molecule has 0 radical (unpaired) electrons. The number of azo groups is 1. The zero-order chi connectivity index (χ0) is 39.7. The number of halogens is 2. The Labute approximate surface area is 351 Å². The second kappa shape index (κ2) is 17.1. The molecule has 0 aliphatic rings. The number of nitrogens with zero attached hydrogens (tertiary/aromatic N) is 5. The summed E-state index contributed by atoms with van der Waals surface area (Å²) in [7, 11) is -4.79. The number of nitriles is 1. The first-order valence-corrected chi connectivity index (χ1v) is 18.5. The molecule has 0 aliphatic carbocycles. The fraction of sp³-hybridized carbons (Fsp3) is 0.211. The van der Waals surface area contributed by atoms with Crippen molar-refractivity contribution in [2.45, 2.75) is 58.8 Å². The van der Waals surface area contributed by atoms with Gasteiger partial charge in [-0.05, 0) is 80.4 Å². The first-order chi connectivity index (χ1) is 25.3. The van der Waals surface area contributed by atoms with E-state index in [0.29, 0.717) is 17.1 Å². The predicted octanol–water partition coefficient (Wildman–Crippen LogP) is 6.55. The second-order valence-corrected chi connectivity index (χ2v) is 15.8. The van der Waals surface area contributed by atoms with Gasteiger partial charge >= 0.3 is 29.6 Å². The predicted molar refractivity (Wildman–Crippen MR) is 208 cm³/mol. The third-order valence-electron chi connectivity index (χ3n) is 8.06. The summed E-state index contributed by atoms with van der Waals surface area (Å²) >= 11 is 13.5. The number of aryl methyl sites for hydroxylation is 3. The molecule has 3 N–H and O–H groups in total. The minimum Gasteiger partial charge on any atom is -0.744 e. The maximum atomic E-state index is 13.0. The van der Waals surface area contributed by atoms with E-state index in [1.165, 1.54) is 35.9 Å². The van der Waals surface area contributed by atoms with E-state index in [0.717, 1.165) is 34.5 Å². The van der Waals surface area contributed by atoms with E-state index in [1.807, 2.05) is 41.5 Å². The van der Waals surface area contributed by atoms with Gasteiger partial charge in [0.25, 0.3) is 5.91 Å². The fourth-order valence-electron chi connectivity index (χ4n) is 5.74. The van der Waals surface area contributed by atoms with Crippen LogP contribution >= 0.6 is 23.2 Å². The van der Waals surface area contributed by atoms with Crippen LogP contribution in [-0.2, 0) is 20.3 Å². The van der Waals surface area contributed by atoms with Gasteiger partial charge in [-0.3, -0.25) is 9.59 Å².